The minimum absolute atomic E-state index is 0.0142. The number of halogens is 4. The molecule has 0 atom stereocenters. The Morgan fingerprint density at radius 1 is 1.12 bits per heavy atom. The number of carbonyl (C=O) groups excluding carboxylic acids is 1. The molecule has 1 aromatic carbocycles. The van der Waals surface area contributed by atoms with Gasteiger partial charge >= 0.3 is 6.18 Å². The number of aryl methyl sites for hydroxylation is 2. The van der Waals surface area contributed by atoms with Crippen LogP contribution >= 0.6 is 0 Å². The Morgan fingerprint density at radius 2 is 1.88 bits per heavy atom. The molecule has 0 fully saturated rings. The maximum Gasteiger partial charge on any atom is 0.433 e. The number of rotatable bonds is 3. The van der Waals surface area contributed by atoms with Gasteiger partial charge in [0, 0.05) is 25.9 Å². The van der Waals surface area contributed by atoms with E-state index in [-0.39, 0.29) is 33.8 Å². The van der Waals surface area contributed by atoms with Crippen molar-refractivity contribution in [2.24, 2.45) is 7.05 Å². The largest absolute Gasteiger partial charge is 0.433 e. The van der Waals surface area contributed by atoms with Gasteiger partial charge in [0.25, 0.3) is 5.91 Å². The molecule has 4 rings (SSSR count). The number of fused-ring (bicyclic) bond motifs is 1. The molecule has 0 aliphatic heterocycles. The van der Waals surface area contributed by atoms with Crippen molar-refractivity contribution in [2.75, 3.05) is 11.9 Å². The van der Waals surface area contributed by atoms with Gasteiger partial charge in [0.2, 0.25) is 0 Å². The van der Waals surface area contributed by atoms with E-state index in [1.165, 1.54) is 49.2 Å². The van der Waals surface area contributed by atoms with E-state index in [1.54, 1.807) is 7.05 Å². The summed E-state index contributed by atoms with van der Waals surface area (Å²) in [7, 11) is 3.04. The van der Waals surface area contributed by atoms with Gasteiger partial charge in [0.15, 0.2) is 5.82 Å². The van der Waals surface area contributed by atoms with Gasteiger partial charge in [-0.2, -0.15) is 18.3 Å². The lowest BCUT2D eigenvalue weighted by atomic mass is 10.1. The van der Waals surface area contributed by atoms with E-state index in [0.717, 1.165) is 17.0 Å². The number of alkyl halides is 3. The normalized spacial score (nSPS) is 11.7. The van der Waals surface area contributed by atoms with Crippen molar-refractivity contribution in [1.82, 2.24) is 24.7 Å². The van der Waals surface area contributed by atoms with Crippen LogP contribution in [0, 0.1) is 12.7 Å². The average Bonchev–Trinajstić information content (AvgIpc) is 3.17. The Kier molecular flexibility index (Phi) is 5.11. The highest BCUT2D eigenvalue weighted by Gasteiger charge is 2.33. The molecule has 3 heterocycles. The zero-order valence-corrected chi connectivity index (χ0v) is 17.1. The Bertz CT molecular complexity index is 1350. The molecule has 0 unspecified atom stereocenters. The third-order valence-corrected chi connectivity index (χ3v) is 4.94. The lowest BCUT2D eigenvalue weighted by Gasteiger charge is -2.18. The highest BCUT2D eigenvalue weighted by atomic mass is 19.4. The monoisotopic (exact) mass is 444 g/mol. The zero-order chi connectivity index (χ0) is 23.2. The molecule has 0 bridgehead atoms. The first kappa shape index (κ1) is 21.3. The quantitative estimate of drug-likeness (QED) is 0.444. The Balaban J connectivity index is 1.69. The summed E-state index contributed by atoms with van der Waals surface area (Å²) in [6.07, 6.45) is -1.95. The average molecular weight is 444 g/mol. The summed E-state index contributed by atoms with van der Waals surface area (Å²) in [6, 6.07) is 6.52. The first-order valence-corrected chi connectivity index (χ1v) is 9.34. The molecular formula is C21H16F4N6O. The SMILES string of the molecule is Cc1cc(C(F)(F)F)nc2cnc(-c3ccc(N(C)C(=O)c4ccnn4C)c(F)c3)nc12. The molecule has 4 aromatic rings. The lowest BCUT2D eigenvalue weighted by Crippen LogP contribution is -2.29. The van der Waals surface area contributed by atoms with Crippen LogP contribution in [0.25, 0.3) is 22.4 Å². The van der Waals surface area contributed by atoms with Crippen LogP contribution in [0.4, 0.5) is 23.2 Å². The summed E-state index contributed by atoms with van der Waals surface area (Å²) in [5.74, 6) is -1.01. The third kappa shape index (κ3) is 3.77. The van der Waals surface area contributed by atoms with Crippen molar-refractivity contribution in [2.45, 2.75) is 13.1 Å². The van der Waals surface area contributed by atoms with Gasteiger partial charge in [0.1, 0.15) is 22.7 Å². The summed E-state index contributed by atoms with van der Waals surface area (Å²) >= 11 is 0. The minimum Gasteiger partial charge on any atom is -0.307 e. The number of pyridine rings is 1. The summed E-state index contributed by atoms with van der Waals surface area (Å²) in [4.78, 5) is 25.6. The van der Waals surface area contributed by atoms with Crippen LogP contribution in [0.15, 0.2) is 42.7 Å². The van der Waals surface area contributed by atoms with Crippen LogP contribution in [0.5, 0.6) is 0 Å². The molecule has 0 N–H and O–H groups in total. The molecule has 0 spiro atoms. The third-order valence-electron chi connectivity index (χ3n) is 4.94. The molecule has 3 aromatic heterocycles. The Labute approximate surface area is 179 Å². The van der Waals surface area contributed by atoms with Crippen LogP contribution < -0.4 is 4.90 Å². The highest BCUT2D eigenvalue weighted by molar-refractivity contribution is 6.04. The molecule has 0 saturated carbocycles. The number of anilines is 1. The molecule has 0 saturated heterocycles. The molecule has 0 aliphatic carbocycles. The lowest BCUT2D eigenvalue weighted by molar-refractivity contribution is -0.141. The molecule has 164 valence electrons. The van der Waals surface area contributed by atoms with Gasteiger partial charge in [0.05, 0.1) is 17.4 Å². The second-order valence-electron chi connectivity index (χ2n) is 7.12. The minimum atomic E-state index is -4.59. The summed E-state index contributed by atoms with van der Waals surface area (Å²) in [5.41, 5.74) is 0.0767. The van der Waals surface area contributed by atoms with Crippen LogP contribution in [0.2, 0.25) is 0 Å². The summed E-state index contributed by atoms with van der Waals surface area (Å²) in [5, 5.41) is 3.93. The fraction of sp³-hybridized carbons (Fsp3) is 0.190. The topological polar surface area (TPSA) is 76.8 Å². The van der Waals surface area contributed by atoms with Crippen LogP contribution in [-0.2, 0) is 13.2 Å². The van der Waals surface area contributed by atoms with Crippen molar-refractivity contribution in [3.8, 4) is 11.4 Å². The van der Waals surface area contributed by atoms with Crippen LogP contribution in [0.3, 0.4) is 0 Å². The number of nitrogens with zero attached hydrogens (tertiary/aromatic N) is 6. The van der Waals surface area contributed by atoms with E-state index in [4.69, 9.17) is 0 Å². The van der Waals surface area contributed by atoms with Crippen molar-refractivity contribution in [3.63, 3.8) is 0 Å². The van der Waals surface area contributed by atoms with Crippen molar-refractivity contribution < 1.29 is 22.4 Å². The van der Waals surface area contributed by atoms with Crippen molar-refractivity contribution >= 4 is 22.6 Å². The number of hydrogen-bond donors (Lipinski definition) is 0. The Hall–Kier alpha value is -3.89. The number of hydrogen-bond acceptors (Lipinski definition) is 5. The van der Waals surface area contributed by atoms with E-state index < -0.39 is 23.6 Å². The fourth-order valence-corrected chi connectivity index (χ4v) is 3.25. The van der Waals surface area contributed by atoms with Crippen molar-refractivity contribution in [3.05, 3.63) is 65.5 Å². The van der Waals surface area contributed by atoms with E-state index in [0.29, 0.717) is 5.56 Å². The smallest absolute Gasteiger partial charge is 0.307 e. The van der Waals surface area contributed by atoms with E-state index in [2.05, 4.69) is 20.1 Å². The van der Waals surface area contributed by atoms with E-state index in [9.17, 15) is 22.4 Å². The van der Waals surface area contributed by atoms with E-state index >= 15 is 0 Å². The summed E-state index contributed by atoms with van der Waals surface area (Å²) < 4.78 is 55.2. The standard InChI is InChI=1S/C21H16F4N6O/c1-11-8-17(21(23,24)25)28-14-10-26-19(29-18(11)14)12-4-5-15(13(22)9-12)30(2)20(32)16-6-7-27-31(16)3/h4-10H,1-3H3. The first-order valence-electron chi connectivity index (χ1n) is 9.34. The Morgan fingerprint density at radius 3 is 2.50 bits per heavy atom. The van der Waals surface area contributed by atoms with Gasteiger partial charge in [-0.15, -0.1) is 0 Å². The number of benzene rings is 1. The van der Waals surface area contributed by atoms with Gasteiger partial charge in [-0.25, -0.2) is 19.3 Å². The van der Waals surface area contributed by atoms with E-state index in [1.807, 2.05) is 0 Å². The summed E-state index contributed by atoms with van der Waals surface area (Å²) in [6.45, 7) is 1.48. The first-order chi connectivity index (χ1) is 15.1. The van der Waals surface area contributed by atoms with Gasteiger partial charge < -0.3 is 4.90 Å². The van der Waals surface area contributed by atoms with Gasteiger partial charge in [-0.3, -0.25) is 9.48 Å². The molecule has 11 heteroatoms. The fourth-order valence-electron chi connectivity index (χ4n) is 3.25. The molecular weight excluding hydrogens is 428 g/mol. The number of aromatic nitrogens is 5. The second-order valence-corrected chi connectivity index (χ2v) is 7.12. The molecule has 32 heavy (non-hydrogen) atoms. The van der Waals surface area contributed by atoms with Crippen molar-refractivity contribution in [1.29, 1.82) is 0 Å². The zero-order valence-electron chi connectivity index (χ0n) is 17.1. The molecule has 7 nitrogen and oxygen atoms in total. The predicted octanol–water partition coefficient (Wildman–Crippen LogP) is 4.17. The predicted molar refractivity (Wildman–Crippen MR) is 108 cm³/mol. The maximum atomic E-state index is 14.9. The number of carbonyl (C=O) groups is 1. The molecule has 1 amide bonds. The second kappa shape index (κ2) is 7.66. The molecule has 0 radical (unpaired) electrons. The van der Waals surface area contributed by atoms with Crippen LogP contribution in [0.1, 0.15) is 21.7 Å². The maximum absolute atomic E-state index is 14.9. The van der Waals surface area contributed by atoms with Crippen LogP contribution in [-0.4, -0.2) is 37.7 Å². The highest BCUT2D eigenvalue weighted by Crippen LogP contribution is 2.31. The van der Waals surface area contributed by atoms with Gasteiger partial charge in [-0.05, 0) is 42.8 Å². The molecule has 0 aliphatic rings. The number of amides is 1. The van der Waals surface area contributed by atoms with Gasteiger partial charge in [-0.1, -0.05) is 0 Å².